The van der Waals surface area contributed by atoms with Crippen LogP contribution in [0, 0.1) is 13.8 Å². The van der Waals surface area contributed by atoms with E-state index >= 15 is 0 Å². The third-order valence-corrected chi connectivity index (χ3v) is 7.27. The van der Waals surface area contributed by atoms with Crippen molar-refractivity contribution >= 4 is 23.2 Å². The highest BCUT2D eigenvalue weighted by atomic mass is 35.5. The minimum atomic E-state index is -0.0995. The van der Waals surface area contributed by atoms with Crippen LogP contribution < -0.4 is 10.1 Å². The zero-order valence-corrected chi connectivity index (χ0v) is 22.6. The van der Waals surface area contributed by atoms with Gasteiger partial charge in [-0.3, -0.25) is 4.79 Å². The van der Waals surface area contributed by atoms with E-state index < -0.39 is 0 Å². The summed E-state index contributed by atoms with van der Waals surface area (Å²) in [4.78, 5) is 19.4. The molecule has 0 aliphatic carbocycles. The van der Waals surface area contributed by atoms with Crippen molar-refractivity contribution in [2.24, 2.45) is 0 Å². The number of benzene rings is 3. The van der Waals surface area contributed by atoms with E-state index in [1.807, 2.05) is 30.3 Å². The van der Waals surface area contributed by atoms with Gasteiger partial charge in [-0.25, -0.2) is 0 Å². The van der Waals surface area contributed by atoms with E-state index in [0.29, 0.717) is 40.8 Å². The number of aryl methyl sites for hydroxylation is 2. The van der Waals surface area contributed by atoms with Gasteiger partial charge in [0.25, 0.3) is 0 Å². The van der Waals surface area contributed by atoms with Gasteiger partial charge in [0.05, 0.1) is 11.4 Å². The summed E-state index contributed by atoms with van der Waals surface area (Å²) in [5.74, 6) is 1.61. The van der Waals surface area contributed by atoms with Crippen LogP contribution in [-0.4, -0.2) is 47.2 Å². The van der Waals surface area contributed by atoms with Crippen molar-refractivity contribution in [1.29, 1.82) is 0 Å². The summed E-state index contributed by atoms with van der Waals surface area (Å²) in [6.45, 7) is 5.51. The minimum Gasteiger partial charge on any atom is -0.490 e. The lowest BCUT2D eigenvalue weighted by molar-refractivity contribution is -0.115. The van der Waals surface area contributed by atoms with Crippen LogP contribution in [0.4, 0.5) is 5.69 Å². The summed E-state index contributed by atoms with van der Waals surface area (Å²) in [6.07, 6.45) is 2.57. The van der Waals surface area contributed by atoms with E-state index in [4.69, 9.17) is 20.9 Å². The first kappa shape index (κ1) is 25.9. The fourth-order valence-electron chi connectivity index (χ4n) is 4.80. The van der Waals surface area contributed by atoms with Crippen LogP contribution in [0.25, 0.3) is 22.5 Å². The fourth-order valence-corrected chi connectivity index (χ4v) is 4.98. The number of hydrogen-bond donors (Lipinski definition) is 1. The van der Waals surface area contributed by atoms with Crippen molar-refractivity contribution in [1.82, 2.24) is 15.0 Å². The molecule has 0 spiro atoms. The average Bonchev–Trinajstić information content (AvgIpc) is 3.52. The summed E-state index contributed by atoms with van der Waals surface area (Å²) in [5.41, 5.74) is 5.81. The van der Waals surface area contributed by atoms with Gasteiger partial charge in [-0.15, -0.1) is 0 Å². The lowest BCUT2D eigenvalue weighted by Gasteiger charge is -2.20. The van der Waals surface area contributed by atoms with Crippen molar-refractivity contribution in [3.05, 3.63) is 82.7 Å². The quantitative estimate of drug-likeness (QED) is 0.287. The van der Waals surface area contributed by atoms with Gasteiger partial charge in [0, 0.05) is 30.3 Å². The van der Waals surface area contributed by atoms with Crippen molar-refractivity contribution in [3.8, 4) is 28.3 Å². The summed E-state index contributed by atoms with van der Waals surface area (Å²) in [6, 6.07) is 19.9. The normalized spacial score (nSPS) is 15.5. The maximum absolute atomic E-state index is 12.8. The predicted octanol–water partition coefficient (Wildman–Crippen LogP) is 6.33. The monoisotopic (exact) mass is 530 g/mol. The Balaban J connectivity index is 1.20. The molecule has 1 N–H and O–H groups in total. The second-order valence-electron chi connectivity index (χ2n) is 9.82. The first-order valence-corrected chi connectivity index (χ1v) is 13.2. The topological polar surface area (TPSA) is 80.5 Å². The molecule has 1 saturated heterocycles. The highest BCUT2D eigenvalue weighted by Gasteiger charge is 2.21. The molecule has 0 radical (unpaired) electrons. The molecular formula is C30H31ClN4O3. The van der Waals surface area contributed by atoms with Gasteiger partial charge in [0.2, 0.25) is 17.6 Å². The Morgan fingerprint density at radius 2 is 1.89 bits per heavy atom. The maximum atomic E-state index is 12.8. The lowest BCUT2D eigenvalue weighted by atomic mass is 9.97. The molecule has 1 fully saturated rings. The van der Waals surface area contributed by atoms with Crippen molar-refractivity contribution in [2.75, 3.05) is 25.5 Å². The first-order valence-electron chi connectivity index (χ1n) is 12.8. The number of anilines is 1. The number of likely N-dealkylation sites (tertiary alicyclic amines) is 1. The molecule has 3 aromatic carbocycles. The molecule has 1 aliphatic heterocycles. The number of carbonyl (C=O) groups excluding carboxylic acids is 1. The number of rotatable bonds is 8. The summed E-state index contributed by atoms with van der Waals surface area (Å²) in [7, 11) is 2.11. The van der Waals surface area contributed by atoms with Gasteiger partial charge in [-0.05, 0) is 73.8 Å². The Labute approximate surface area is 227 Å². The van der Waals surface area contributed by atoms with E-state index in [1.54, 1.807) is 25.1 Å². The van der Waals surface area contributed by atoms with Crippen LogP contribution in [0.1, 0.15) is 29.9 Å². The number of nitrogens with zero attached hydrogens (tertiary/aromatic N) is 3. The standard InChI is InChI=1S/C30H31ClN4O3/c1-19-15-23(30-32-20(2)38-34-30)10-12-26(19)22-8-6-21(7-9-22)16-29(36)33-24-11-13-27(31)28(17-24)37-18-25-5-4-14-35(25)3/h6-13,15,17,25H,4-5,14,16,18H2,1-3H3,(H,33,36). The molecule has 0 saturated carbocycles. The largest absolute Gasteiger partial charge is 0.490 e. The van der Waals surface area contributed by atoms with Crippen LogP contribution >= 0.6 is 11.6 Å². The van der Waals surface area contributed by atoms with Crippen molar-refractivity contribution < 1.29 is 14.1 Å². The van der Waals surface area contributed by atoms with Gasteiger partial charge in [0.1, 0.15) is 12.4 Å². The van der Waals surface area contributed by atoms with E-state index in [0.717, 1.165) is 40.8 Å². The molecule has 5 rings (SSSR count). The number of hydrogen-bond acceptors (Lipinski definition) is 6. The fraction of sp³-hybridized carbons (Fsp3) is 0.300. The number of nitrogens with one attached hydrogen (secondary N) is 1. The van der Waals surface area contributed by atoms with Gasteiger partial charge in [-0.2, -0.15) is 4.98 Å². The molecule has 4 aromatic rings. The van der Waals surface area contributed by atoms with Gasteiger partial charge < -0.3 is 19.5 Å². The Morgan fingerprint density at radius 1 is 1.11 bits per heavy atom. The summed E-state index contributed by atoms with van der Waals surface area (Å²) < 4.78 is 11.1. The molecule has 196 valence electrons. The lowest BCUT2D eigenvalue weighted by Crippen LogP contribution is -2.30. The highest BCUT2D eigenvalue weighted by Crippen LogP contribution is 2.30. The molecule has 38 heavy (non-hydrogen) atoms. The molecule has 1 atom stereocenters. The second-order valence-corrected chi connectivity index (χ2v) is 10.2. The molecular weight excluding hydrogens is 500 g/mol. The number of aromatic nitrogens is 2. The third-order valence-electron chi connectivity index (χ3n) is 6.96. The molecule has 0 bridgehead atoms. The Bertz CT molecular complexity index is 1430. The SMILES string of the molecule is Cc1nc(-c2ccc(-c3ccc(CC(=O)Nc4ccc(Cl)c(OCC5CCCN5C)c4)cc3)c(C)c2)no1. The van der Waals surface area contributed by atoms with Gasteiger partial charge in [-0.1, -0.05) is 53.2 Å². The van der Waals surface area contributed by atoms with Crippen LogP contribution in [0.15, 0.2) is 65.2 Å². The van der Waals surface area contributed by atoms with E-state index in [1.165, 1.54) is 6.42 Å². The second kappa shape index (κ2) is 11.4. The zero-order chi connectivity index (χ0) is 26.6. The van der Waals surface area contributed by atoms with Crippen molar-refractivity contribution in [2.45, 2.75) is 39.2 Å². The number of carbonyl (C=O) groups is 1. The molecule has 1 unspecified atom stereocenters. The Hall–Kier alpha value is -3.68. The zero-order valence-electron chi connectivity index (χ0n) is 21.8. The Kier molecular flexibility index (Phi) is 7.77. The molecule has 8 heteroatoms. The van der Waals surface area contributed by atoms with Gasteiger partial charge in [0.15, 0.2) is 0 Å². The molecule has 1 aromatic heterocycles. The number of likely N-dealkylation sites (N-methyl/N-ethyl adjacent to an activating group) is 1. The van der Waals surface area contributed by atoms with Crippen LogP contribution in [0.2, 0.25) is 5.02 Å². The summed E-state index contributed by atoms with van der Waals surface area (Å²) in [5, 5.41) is 7.50. The van der Waals surface area contributed by atoms with Crippen molar-refractivity contribution in [3.63, 3.8) is 0 Å². The predicted molar refractivity (Wildman–Crippen MR) is 150 cm³/mol. The smallest absolute Gasteiger partial charge is 0.228 e. The van der Waals surface area contributed by atoms with Gasteiger partial charge >= 0.3 is 0 Å². The molecule has 7 nitrogen and oxygen atoms in total. The number of ether oxygens (including phenoxy) is 1. The maximum Gasteiger partial charge on any atom is 0.228 e. The summed E-state index contributed by atoms with van der Waals surface area (Å²) >= 11 is 6.34. The number of halogens is 1. The Morgan fingerprint density at radius 3 is 2.58 bits per heavy atom. The first-order chi connectivity index (χ1) is 18.4. The highest BCUT2D eigenvalue weighted by molar-refractivity contribution is 6.32. The molecule has 1 amide bonds. The minimum absolute atomic E-state index is 0.0995. The van der Waals surface area contributed by atoms with Crippen LogP contribution in [-0.2, 0) is 11.2 Å². The van der Waals surface area contributed by atoms with E-state index in [-0.39, 0.29) is 12.3 Å². The van der Waals surface area contributed by atoms with Crippen LogP contribution in [0.5, 0.6) is 5.75 Å². The van der Waals surface area contributed by atoms with Crippen LogP contribution in [0.3, 0.4) is 0 Å². The molecule has 2 heterocycles. The van der Waals surface area contributed by atoms with E-state index in [9.17, 15) is 4.79 Å². The number of amides is 1. The molecule has 1 aliphatic rings. The third kappa shape index (κ3) is 6.06. The average molecular weight is 531 g/mol. The van der Waals surface area contributed by atoms with E-state index in [2.05, 4.69) is 46.5 Å².